The van der Waals surface area contributed by atoms with Crippen LogP contribution in [0.1, 0.15) is 16.8 Å². The van der Waals surface area contributed by atoms with E-state index in [2.05, 4.69) is 26.0 Å². The number of para-hydroxylation sites is 1. The van der Waals surface area contributed by atoms with Gasteiger partial charge in [-0.15, -0.1) is 0 Å². The van der Waals surface area contributed by atoms with Gasteiger partial charge in [-0.05, 0) is 25.6 Å². The van der Waals surface area contributed by atoms with Gasteiger partial charge in [0.25, 0.3) is 0 Å². The second kappa shape index (κ2) is 8.08. The minimum Gasteiger partial charge on any atom is -0.352 e. The monoisotopic (exact) mass is 408 g/mol. The number of aromatic nitrogens is 3. The lowest BCUT2D eigenvalue weighted by Gasteiger charge is -2.18. The number of anilines is 4. The molecule has 0 saturated carbocycles. The van der Waals surface area contributed by atoms with Gasteiger partial charge in [0.1, 0.15) is 17.5 Å². The summed E-state index contributed by atoms with van der Waals surface area (Å²) in [4.78, 5) is 3.86. The van der Waals surface area contributed by atoms with E-state index in [0.29, 0.717) is 17.6 Å². The summed E-state index contributed by atoms with van der Waals surface area (Å²) < 4.78 is 56.4. The molecule has 6 nitrogen and oxygen atoms in total. The van der Waals surface area contributed by atoms with Crippen LogP contribution in [0.2, 0.25) is 0 Å². The fourth-order valence-electron chi connectivity index (χ4n) is 2.89. The molecule has 3 aromatic rings. The van der Waals surface area contributed by atoms with Crippen LogP contribution >= 0.6 is 0 Å². The first-order valence-electron chi connectivity index (χ1n) is 8.73. The summed E-state index contributed by atoms with van der Waals surface area (Å²) in [5.74, 6) is 0.0666. The fraction of sp³-hybridized carbons (Fsp3) is 0.263. The zero-order valence-corrected chi connectivity index (χ0v) is 16.0. The van der Waals surface area contributed by atoms with E-state index in [1.54, 1.807) is 37.8 Å². The number of nitrogens with one attached hydrogen (secondary N) is 3. The number of nitrogens with zero attached hydrogens (tertiary/aromatic N) is 3. The molecule has 0 aliphatic heterocycles. The molecule has 2 heterocycles. The van der Waals surface area contributed by atoms with Crippen molar-refractivity contribution in [2.24, 2.45) is 7.05 Å². The molecule has 0 aliphatic rings. The van der Waals surface area contributed by atoms with E-state index in [9.17, 15) is 17.6 Å². The van der Waals surface area contributed by atoms with Crippen molar-refractivity contribution in [2.45, 2.75) is 19.6 Å². The Morgan fingerprint density at radius 3 is 2.52 bits per heavy atom. The molecule has 3 N–H and O–H groups in total. The van der Waals surface area contributed by atoms with E-state index >= 15 is 0 Å². The van der Waals surface area contributed by atoms with E-state index in [4.69, 9.17) is 0 Å². The molecule has 2 aromatic heterocycles. The average molecular weight is 408 g/mol. The molecule has 0 unspecified atom stereocenters. The molecule has 0 saturated heterocycles. The van der Waals surface area contributed by atoms with E-state index < -0.39 is 17.6 Å². The summed E-state index contributed by atoms with van der Waals surface area (Å²) in [7, 11) is 3.36. The molecule has 0 amide bonds. The first kappa shape index (κ1) is 20.6. The van der Waals surface area contributed by atoms with Crippen LogP contribution in [0.3, 0.4) is 0 Å². The second-order valence-corrected chi connectivity index (χ2v) is 6.46. The number of alkyl halides is 3. The third-order valence-corrected chi connectivity index (χ3v) is 4.19. The smallest absolute Gasteiger partial charge is 0.352 e. The molecule has 0 spiro atoms. The predicted octanol–water partition coefficient (Wildman–Crippen LogP) is 4.49. The van der Waals surface area contributed by atoms with Crippen LogP contribution in [0.15, 0.2) is 36.5 Å². The Hall–Kier alpha value is -3.14. The van der Waals surface area contributed by atoms with Crippen molar-refractivity contribution >= 4 is 23.0 Å². The third-order valence-electron chi connectivity index (χ3n) is 4.19. The highest BCUT2D eigenvalue weighted by Gasteiger charge is 2.34. The maximum absolute atomic E-state index is 14.4. The molecular weight excluding hydrogens is 388 g/mol. The highest BCUT2D eigenvalue weighted by molar-refractivity contribution is 5.70. The molecule has 29 heavy (non-hydrogen) atoms. The van der Waals surface area contributed by atoms with Crippen molar-refractivity contribution in [3.63, 3.8) is 0 Å². The molecule has 0 fully saturated rings. The summed E-state index contributed by atoms with van der Waals surface area (Å²) in [6, 6.07) is 7.25. The Labute approximate surface area is 165 Å². The van der Waals surface area contributed by atoms with Gasteiger partial charge in [0.05, 0.1) is 22.6 Å². The highest BCUT2D eigenvalue weighted by atomic mass is 19.4. The maximum Gasteiger partial charge on any atom is 0.419 e. The molecule has 3 rings (SSSR count). The molecule has 154 valence electrons. The second-order valence-electron chi connectivity index (χ2n) is 6.46. The lowest BCUT2D eigenvalue weighted by Crippen LogP contribution is -2.13. The molecular formula is C19H20F4N6. The SMILES string of the molecule is CNCc1cccc(F)c1Nc1cc(Nc2cc(C)nn2C)ncc1C(F)(F)F. The number of aryl methyl sites for hydroxylation is 2. The van der Waals surface area contributed by atoms with Gasteiger partial charge < -0.3 is 16.0 Å². The van der Waals surface area contributed by atoms with Gasteiger partial charge in [0.2, 0.25) is 0 Å². The first-order chi connectivity index (χ1) is 13.7. The summed E-state index contributed by atoms with van der Waals surface area (Å²) in [6.45, 7) is 2.08. The predicted molar refractivity (Wildman–Crippen MR) is 103 cm³/mol. The number of hydrogen-bond donors (Lipinski definition) is 3. The largest absolute Gasteiger partial charge is 0.419 e. The Morgan fingerprint density at radius 1 is 1.14 bits per heavy atom. The van der Waals surface area contributed by atoms with Crippen molar-refractivity contribution in [1.29, 1.82) is 0 Å². The van der Waals surface area contributed by atoms with Gasteiger partial charge >= 0.3 is 6.18 Å². The van der Waals surface area contributed by atoms with Crippen molar-refractivity contribution in [3.05, 3.63) is 59.2 Å². The fourth-order valence-corrected chi connectivity index (χ4v) is 2.89. The number of benzene rings is 1. The van der Waals surface area contributed by atoms with Crippen LogP contribution < -0.4 is 16.0 Å². The Morgan fingerprint density at radius 2 is 1.90 bits per heavy atom. The summed E-state index contributed by atoms with van der Waals surface area (Å²) in [6.07, 6.45) is -3.95. The van der Waals surface area contributed by atoms with Gasteiger partial charge in [-0.2, -0.15) is 18.3 Å². The Balaban J connectivity index is 2.03. The molecule has 10 heteroatoms. The van der Waals surface area contributed by atoms with Gasteiger partial charge in [-0.1, -0.05) is 12.1 Å². The zero-order chi connectivity index (χ0) is 21.2. The van der Waals surface area contributed by atoms with E-state index in [0.717, 1.165) is 5.69 Å². The van der Waals surface area contributed by atoms with E-state index in [1.165, 1.54) is 18.2 Å². The van der Waals surface area contributed by atoms with Crippen LogP contribution in [-0.4, -0.2) is 21.8 Å². The van der Waals surface area contributed by atoms with Crippen molar-refractivity contribution in [1.82, 2.24) is 20.1 Å². The van der Waals surface area contributed by atoms with E-state index in [1.807, 2.05) is 0 Å². The topological polar surface area (TPSA) is 66.8 Å². The maximum atomic E-state index is 14.4. The summed E-state index contributed by atoms with van der Waals surface area (Å²) >= 11 is 0. The quantitative estimate of drug-likeness (QED) is 0.525. The minimum absolute atomic E-state index is 0.0270. The summed E-state index contributed by atoms with van der Waals surface area (Å²) in [5, 5.41) is 12.6. The molecule has 1 aromatic carbocycles. The first-order valence-corrected chi connectivity index (χ1v) is 8.73. The summed E-state index contributed by atoms with van der Waals surface area (Å²) in [5.41, 5.74) is -0.0994. The van der Waals surface area contributed by atoms with Crippen LogP contribution in [0.25, 0.3) is 0 Å². The average Bonchev–Trinajstić information content (AvgIpc) is 2.94. The van der Waals surface area contributed by atoms with Crippen molar-refractivity contribution < 1.29 is 17.6 Å². The van der Waals surface area contributed by atoms with Crippen LogP contribution in [0.5, 0.6) is 0 Å². The Bertz CT molecular complexity index is 1010. The van der Waals surface area contributed by atoms with Crippen LogP contribution in [0.4, 0.5) is 40.6 Å². The molecule has 0 atom stereocenters. The van der Waals surface area contributed by atoms with E-state index in [-0.39, 0.29) is 23.7 Å². The van der Waals surface area contributed by atoms with Crippen molar-refractivity contribution in [3.8, 4) is 0 Å². The molecule has 0 aliphatic carbocycles. The number of hydrogen-bond acceptors (Lipinski definition) is 5. The highest BCUT2D eigenvalue weighted by Crippen LogP contribution is 2.38. The van der Waals surface area contributed by atoms with Gasteiger partial charge in [-0.25, -0.2) is 9.37 Å². The lowest BCUT2D eigenvalue weighted by atomic mass is 10.1. The molecule has 0 bridgehead atoms. The van der Waals surface area contributed by atoms with Gasteiger partial charge in [-0.3, -0.25) is 4.68 Å². The lowest BCUT2D eigenvalue weighted by molar-refractivity contribution is -0.137. The zero-order valence-electron chi connectivity index (χ0n) is 16.0. The number of rotatable bonds is 6. The molecule has 0 radical (unpaired) electrons. The van der Waals surface area contributed by atoms with Crippen LogP contribution in [-0.2, 0) is 19.8 Å². The normalized spacial score (nSPS) is 11.6. The number of pyridine rings is 1. The minimum atomic E-state index is -4.66. The van der Waals surface area contributed by atoms with Crippen LogP contribution in [0, 0.1) is 12.7 Å². The van der Waals surface area contributed by atoms with Gasteiger partial charge in [0, 0.05) is 31.9 Å². The standard InChI is InChI=1S/C19H20F4N6/c1-11-7-17(29(3)28-11)27-16-8-15(13(10-25-16)19(21,22)23)26-18-12(9-24-2)5-4-6-14(18)20/h4-8,10,24H,9H2,1-3H3,(H2,25,26,27). The van der Waals surface area contributed by atoms with Gasteiger partial charge in [0.15, 0.2) is 0 Å². The number of halogens is 4. The van der Waals surface area contributed by atoms with Crippen molar-refractivity contribution in [2.75, 3.05) is 17.7 Å². The Kier molecular flexibility index (Phi) is 5.73. The third kappa shape index (κ3) is 4.65.